The lowest BCUT2D eigenvalue weighted by atomic mass is 9.87. The molecule has 0 radical (unpaired) electrons. The first-order valence-electron chi connectivity index (χ1n) is 20.0. The summed E-state index contributed by atoms with van der Waals surface area (Å²) in [5.74, 6) is -4.70. The molecule has 13 nitrogen and oxygen atoms in total. The van der Waals surface area contributed by atoms with E-state index in [0.717, 1.165) is 6.42 Å². The second-order valence-corrected chi connectivity index (χ2v) is 20.6. The highest BCUT2D eigenvalue weighted by Gasteiger charge is 2.64. The molecule has 2 aliphatic carbocycles. The Kier molecular flexibility index (Phi) is 11.0. The molecular weight excluding hydrogens is 817 g/mol. The average molecular weight is 867 g/mol. The van der Waals surface area contributed by atoms with Gasteiger partial charge in [-0.05, 0) is 85.1 Å². The van der Waals surface area contributed by atoms with E-state index in [1.165, 1.54) is 31.1 Å². The van der Waals surface area contributed by atoms with E-state index < -0.39 is 90.7 Å². The monoisotopic (exact) mass is 866 g/mol. The van der Waals surface area contributed by atoms with Crippen molar-refractivity contribution in [1.82, 2.24) is 19.9 Å². The zero-order valence-electron chi connectivity index (χ0n) is 33.7. The van der Waals surface area contributed by atoms with Gasteiger partial charge in [-0.3, -0.25) is 23.9 Å². The molecule has 3 fully saturated rings. The summed E-state index contributed by atoms with van der Waals surface area (Å²) in [6.07, 6.45) is 1.89. The molecule has 7 rings (SSSR count). The lowest BCUT2D eigenvalue weighted by Gasteiger charge is -2.37. The van der Waals surface area contributed by atoms with Crippen LogP contribution >= 0.6 is 11.6 Å². The first kappa shape index (κ1) is 43.0. The maximum atomic E-state index is 14.8. The number of esters is 1. The Morgan fingerprint density at radius 2 is 1.83 bits per heavy atom. The Morgan fingerprint density at radius 1 is 1.10 bits per heavy atom. The molecule has 1 aromatic carbocycles. The van der Waals surface area contributed by atoms with Crippen molar-refractivity contribution in [3.63, 3.8) is 0 Å². The smallest absolute Gasteiger partial charge is 0.437 e. The molecule has 59 heavy (non-hydrogen) atoms. The minimum atomic E-state index is -4.99. The van der Waals surface area contributed by atoms with Crippen LogP contribution in [0.2, 0.25) is 5.02 Å². The molecule has 0 unspecified atom stereocenters. The van der Waals surface area contributed by atoms with Gasteiger partial charge < -0.3 is 24.4 Å². The summed E-state index contributed by atoms with van der Waals surface area (Å²) >= 11 is 6.41. The van der Waals surface area contributed by atoms with Crippen LogP contribution in [0.3, 0.4) is 0 Å². The molecule has 2 saturated carbocycles. The second-order valence-electron chi connectivity index (χ2n) is 18.0. The van der Waals surface area contributed by atoms with Gasteiger partial charge in [0.2, 0.25) is 21.8 Å². The summed E-state index contributed by atoms with van der Waals surface area (Å²) in [7, 11) is -2.70. The quantitative estimate of drug-likeness (QED) is 0.248. The number of ether oxygens (including phenoxy) is 3. The van der Waals surface area contributed by atoms with Crippen LogP contribution in [0.25, 0.3) is 10.9 Å². The zero-order chi connectivity index (χ0) is 42.9. The molecule has 2 aromatic rings. The minimum Gasteiger partial charge on any atom is -0.497 e. The van der Waals surface area contributed by atoms with Gasteiger partial charge in [0.25, 0.3) is 5.91 Å². The Morgan fingerprint density at radius 3 is 2.49 bits per heavy atom. The molecule has 4 heterocycles. The van der Waals surface area contributed by atoms with Crippen molar-refractivity contribution in [3.8, 4) is 11.5 Å². The van der Waals surface area contributed by atoms with Crippen LogP contribution in [0.5, 0.6) is 11.5 Å². The normalized spacial score (nSPS) is 28.8. The van der Waals surface area contributed by atoms with Crippen molar-refractivity contribution >= 4 is 56.2 Å². The number of amides is 3. The summed E-state index contributed by atoms with van der Waals surface area (Å²) in [4.78, 5) is 61.8. The van der Waals surface area contributed by atoms with Crippen LogP contribution in [-0.4, -0.2) is 83.2 Å². The van der Waals surface area contributed by atoms with Crippen LogP contribution in [0.1, 0.15) is 110 Å². The summed E-state index contributed by atoms with van der Waals surface area (Å²) in [5.41, 5.74) is -5.28. The van der Waals surface area contributed by atoms with Gasteiger partial charge in [0.1, 0.15) is 28.5 Å². The van der Waals surface area contributed by atoms with Crippen LogP contribution in [-0.2, 0) is 46.5 Å². The third kappa shape index (κ3) is 8.47. The van der Waals surface area contributed by atoms with E-state index in [4.69, 9.17) is 25.8 Å². The van der Waals surface area contributed by atoms with Gasteiger partial charge in [0.05, 0.1) is 35.4 Å². The zero-order valence-corrected chi connectivity index (χ0v) is 35.3. The Hall–Kier alpha value is -4.12. The molecule has 1 aromatic heterocycles. The number of aryl methyl sites for hydroxylation is 1. The van der Waals surface area contributed by atoms with E-state index in [1.54, 1.807) is 26.8 Å². The van der Waals surface area contributed by atoms with Crippen molar-refractivity contribution in [1.29, 1.82) is 0 Å². The third-order valence-corrected chi connectivity index (χ3v) is 14.7. The lowest BCUT2D eigenvalue weighted by Crippen LogP contribution is -2.57. The fourth-order valence-electron chi connectivity index (χ4n) is 8.59. The van der Waals surface area contributed by atoms with Gasteiger partial charge in [-0.25, -0.2) is 13.4 Å². The van der Waals surface area contributed by atoms with E-state index in [0.29, 0.717) is 43.2 Å². The second kappa shape index (κ2) is 15.1. The summed E-state index contributed by atoms with van der Waals surface area (Å²) < 4.78 is 89.3. The average Bonchev–Trinajstić information content (AvgIpc) is 4.03. The maximum absolute atomic E-state index is 14.8. The van der Waals surface area contributed by atoms with Crippen LogP contribution in [0.4, 0.5) is 13.2 Å². The summed E-state index contributed by atoms with van der Waals surface area (Å²) in [6, 6.07) is 1.52. The number of fused-ring (bicyclic) bond motifs is 5. The van der Waals surface area contributed by atoms with Gasteiger partial charge in [0, 0.05) is 35.3 Å². The number of allylic oxidation sites excluding steroid dienone is 1. The van der Waals surface area contributed by atoms with Crippen molar-refractivity contribution < 1.29 is 55.0 Å². The molecule has 5 aliphatic rings. The van der Waals surface area contributed by atoms with Gasteiger partial charge in [0.15, 0.2) is 11.4 Å². The maximum Gasteiger partial charge on any atom is 0.437 e. The Bertz CT molecular complexity index is 2220. The highest BCUT2D eigenvalue weighted by atomic mass is 35.5. The van der Waals surface area contributed by atoms with Crippen LogP contribution in [0, 0.1) is 11.8 Å². The topological polar surface area (TPSA) is 170 Å². The molecule has 322 valence electrons. The fraction of sp³-hybridized carbons (Fsp3) is 0.634. The molecule has 5 atom stereocenters. The number of methoxy groups -OCH3 is 1. The van der Waals surface area contributed by atoms with Gasteiger partial charge >= 0.3 is 12.1 Å². The molecule has 3 aliphatic heterocycles. The summed E-state index contributed by atoms with van der Waals surface area (Å²) in [5, 5.41) is 3.04. The Balaban J connectivity index is 1.28. The first-order chi connectivity index (χ1) is 27.5. The number of nitrogens with one attached hydrogen (secondary N) is 2. The molecule has 2 N–H and O–H groups in total. The van der Waals surface area contributed by atoms with E-state index in [1.807, 2.05) is 6.08 Å². The number of aromatic nitrogens is 1. The number of sulfonamides is 1. The number of hydrogen-bond acceptors (Lipinski definition) is 10. The lowest BCUT2D eigenvalue weighted by molar-refractivity contribution is -0.159. The third-order valence-electron chi connectivity index (χ3n) is 12.3. The number of hydrogen-bond donors (Lipinski definition) is 2. The fourth-order valence-corrected chi connectivity index (χ4v) is 10.2. The number of pyridine rings is 1. The highest BCUT2D eigenvalue weighted by molar-refractivity contribution is 7.91. The van der Waals surface area contributed by atoms with Gasteiger partial charge in [-0.1, -0.05) is 36.6 Å². The standard InChI is InChI=1S/C41H50ClF3N4O9S/c1-37(2,3)57-30(50)17-23-11-9-7-6-8-10-12-24-20-40(24,36(53)48-59(54,55)38(4)15-16-38)47-34(51)29-21-39(22-49(29)35(23)52)14-13-26-27-18-25(56-5)19-28(42)31(27)46-33(32(26)58-39)41(43,44)45/h10,12,18-19,23-24,29H,6-9,11,13-17,20-22H2,1-5H3,(H,47,51)(H,48,53)/b12-10-/t23-,24-,29+,39-,40-/m1/s1. The van der Waals surface area contributed by atoms with Gasteiger partial charge in [-0.15, -0.1) is 0 Å². The van der Waals surface area contributed by atoms with Gasteiger partial charge in [-0.2, -0.15) is 13.2 Å². The number of nitrogens with zero attached hydrogens (tertiary/aromatic N) is 2. The van der Waals surface area contributed by atoms with E-state index in [9.17, 15) is 40.8 Å². The molecular formula is C41H50ClF3N4O9S. The number of rotatable bonds is 6. The molecule has 18 heteroatoms. The molecule has 0 bridgehead atoms. The van der Waals surface area contributed by atoms with Crippen molar-refractivity contribution in [2.24, 2.45) is 11.8 Å². The highest BCUT2D eigenvalue weighted by Crippen LogP contribution is 2.51. The van der Waals surface area contributed by atoms with Crippen molar-refractivity contribution in [2.75, 3.05) is 13.7 Å². The van der Waals surface area contributed by atoms with Crippen molar-refractivity contribution in [3.05, 3.63) is 40.6 Å². The predicted octanol–water partition coefficient (Wildman–Crippen LogP) is 6.32. The molecule has 3 amide bonds. The SMILES string of the molecule is COc1cc(Cl)c2nc(C(F)(F)F)c3c(c2c1)CC[C@]1(C[C@H]2C(=O)N[C@]4(C(=O)NS(=O)(=O)C5(C)CC5)C[C@H]4/C=C\CCCCC[C@H](CC(=O)OC(C)(C)C)C(=O)N2C1)O3. The van der Waals surface area contributed by atoms with Crippen molar-refractivity contribution in [2.45, 2.75) is 138 Å². The van der Waals surface area contributed by atoms with E-state index >= 15 is 0 Å². The van der Waals surface area contributed by atoms with E-state index in [2.05, 4.69) is 15.0 Å². The molecule has 1 saturated heterocycles. The first-order valence-corrected chi connectivity index (χ1v) is 21.9. The predicted molar refractivity (Wildman–Crippen MR) is 210 cm³/mol. The van der Waals surface area contributed by atoms with Crippen LogP contribution in [0.15, 0.2) is 24.3 Å². The number of alkyl halides is 3. The number of benzene rings is 1. The minimum absolute atomic E-state index is 0.0223. The number of carbonyl (C=O) groups is 4. The van der Waals surface area contributed by atoms with E-state index in [-0.39, 0.29) is 61.2 Å². The summed E-state index contributed by atoms with van der Waals surface area (Å²) in [6.45, 7) is 6.31. The Labute approximate surface area is 346 Å². The number of carbonyl (C=O) groups excluding carboxylic acids is 4. The largest absolute Gasteiger partial charge is 0.497 e. The van der Waals surface area contributed by atoms with Crippen LogP contribution < -0.4 is 19.5 Å². The number of halogens is 4. The molecule has 1 spiro atoms.